The first-order valence-electron chi connectivity index (χ1n) is 6.45. The average molecular weight is 259 g/mol. The van der Waals surface area contributed by atoms with Crippen molar-refractivity contribution >= 4 is 17.7 Å². The number of hydrogen-bond acceptors (Lipinski definition) is 4. The van der Waals surface area contributed by atoms with Gasteiger partial charge in [-0.3, -0.25) is 4.79 Å². The molecule has 0 bridgehead atoms. The monoisotopic (exact) mass is 259 g/mol. The second-order valence-electron chi connectivity index (χ2n) is 4.53. The normalized spacial score (nSPS) is 17.1. The van der Waals surface area contributed by atoms with Crippen molar-refractivity contribution in [2.24, 2.45) is 0 Å². The van der Waals surface area contributed by atoms with Gasteiger partial charge in [0, 0.05) is 18.8 Å². The highest BCUT2D eigenvalue weighted by Gasteiger charge is 2.16. The molecule has 0 atom stereocenters. The molecular weight excluding hydrogens is 234 g/mol. The summed E-state index contributed by atoms with van der Waals surface area (Å²) in [5, 5.41) is 7.11. The molecule has 0 spiro atoms. The maximum absolute atomic E-state index is 11.8. The van der Waals surface area contributed by atoms with Crippen LogP contribution in [-0.2, 0) is 4.79 Å². The van der Waals surface area contributed by atoms with Gasteiger partial charge in [0.2, 0.25) is 5.91 Å². The van der Waals surface area contributed by atoms with Gasteiger partial charge in [-0.1, -0.05) is 0 Å². The zero-order valence-corrected chi connectivity index (χ0v) is 11.8. The summed E-state index contributed by atoms with van der Waals surface area (Å²) in [7, 11) is 3.84. The molecule has 0 aromatic heterocycles. The summed E-state index contributed by atoms with van der Waals surface area (Å²) in [5.41, 5.74) is 0. The fourth-order valence-electron chi connectivity index (χ4n) is 1.88. The van der Waals surface area contributed by atoms with Gasteiger partial charge in [-0.2, -0.15) is 0 Å². The van der Waals surface area contributed by atoms with E-state index in [0.29, 0.717) is 11.0 Å². The highest BCUT2D eigenvalue weighted by molar-refractivity contribution is 8.00. The van der Waals surface area contributed by atoms with Gasteiger partial charge in [-0.25, -0.2) is 0 Å². The van der Waals surface area contributed by atoms with Crippen LogP contribution in [0.5, 0.6) is 0 Å². The molecule has 4 nitrogen and oxygen atoms in total. The summed E-state index contributed by atoms with van der Waals surface area (Å²) in [6, 6.07) is 0. The Morgan fingerprint density at radius 1 is 1.47 bits per heavy atom. The van der Waals surface area contributed by atoms with Crippen LogP contribution in [0, 0.1) is 0 Å². The SMILES string of the molecule is CNCCCN(C)C(=O)CSC1CCNCC1. The van der Waals surface area contributed by atoms with Crippen molar-refractivity contribution < 1.29 is 4.79 Å². The Bertz CT molecular complexity index is 220. The van der Waals surface area contributed by atoms with E-state index in [1.54, 1.807) is 0 Å². The molecule has 2 N–H and O–H groups in total. The van der Waals surface area contributed by atoms with E-state index in [1.807, 2.05) is 30.8 Å². The molecule has 1 aliphatic heterocycles. The lowest BCUT2D eigenvalue weighted by molar-refractivity contribution is -0.127. The first kappa shape index (κ1) is 14.8. The van der Waals surface area contributed by atoms with Crippen molar-refractivity contribution in [1.29, 1.82) is 0 Å². The van der Waals surface area contributed by atoms with Crippen LogP contribution in [0.2, 0.25) is 0 Å². The summed E-state index contributed by atoms with van der Waals surface area (Å²) >= 11 is 1.83. The predicted octanol–water partition coefficient (Wildman–Crippen LogP) is 0.540. The van der Waals surface area contributed by atoms with E-state index in [-0.39, 0.29) is 5.91 Å². The lowest BCUT2D eigenvalue weighted by Crippen LogP contribution is -2.33. The highest BCUT2D eigenvalue weighted by Crippen LogP contribution is 2.20. The Morgan fingerprint density at radius 2 is 2.18 bits per heavy atom. The summed E-state index contributed by atoms with van der Waals surface area (Å²) in [6.07, 6.45) is 3.42. The summed E-state index contributed by atoms with van der Waals surface area (Å²) in [5.74, 6) is 0.908. The molecule has 0 aromatic carbocycles. The molecule has 1 fully saturated rings. The Morgan fingerprint density at radius 3 is 2.82 bits per heavy atom. The number of amides is 1. The number of rotatable bonds is 7. The average Bonchev–Trinajstić information content (AvgIpc) is 2.37. The van der Waals surface area contributed by atoms with Crippen LogP contribution in [0.1, 0.15) is 19.3 Å². The smallest absolute Gasteiger partial charge is 0.232 e. The molecule has 5 heteroatoms. The topological polar surface area (TPSA) is 44.4 Å². The van der Waals surface area contributed by atoms with Crippen molar-refractivity contribution in [3.8, 4) is 0 Å². The van der Waals surface area contributed by atoms with Crippen molar-refractivity contribution in [3.63, 3.8) is 0 Å². The van der Waals surface area contributed by atoms with Crippen LogP contribution in [0.4, 0.5) is 0 Å². The minimum absolute atomic E-state index is 0.268. The van der Waals surface area contributed by atoms with Gasteiger partial charge in [0.05, 0.1) is 5.75 Å². The number of hydrogen-bond donors (Lipinski definition) is 2. The van der Waals surface area contributed by atoms with Crippen molar-refractivity contribution in [1.82, 2.24) is 15.5 Å². The van der Waals surface area contributed by atoms with Crippen molar-refractivity contribution in [2.75, 3.05) is 46.0 Å². The molecule has 1 aliphatic rings. The van der Waals surface area contributed by atoms with E-state index >= 15 is 0 Å². The number of carbonyl (C=O) groups is 1. The molecule has 1 saturated heterocycles. The number of carbonyl (C=O) groups excluding carboxylic acids is 1. The molecule has 1 rings (SSSR count). The first-order valence-corrected chi connectivity index (χ1v) is 7.50. The fraction of sp³-hybridized carbons (Fsp3) is 0.917. The number of piperidine rings is 1. The van der Waals surface area contributed by atoms with E-state index in [9.17, 15) is 4.79 Å². The molecule has 0 aliphatic carbocycles. The molecule has 0 unspecified atom stereocenters. The zero-order valence-electron chi connectivity index (χ0n) is 11.0. The molecular formula is C12H25N3OS. The zero-order chi connectivity index (χ0) is 12.5. The van der Waals surface area contributed by atoms with Gasteiger partial charge in [-0.15, -0.1) is 11.8 Å². The third-order valence-corrected chi connectivity index (χ3v) is 4.43. The third kappa shape index (κ3) is 6.29. The van der Waals surface area contributed by atoms with Gasteiger partial charge >= 0.3 is 0 Å². The summed E-state index contributed by atoms with van der Waals surface area (Å²) < 4.78 is 0. The number of nitrogens with one attached hydrogen (secondary N) is 2. The van der Waals surface area contributed by atoms with Crippen LogP contribution in [0.25, 0.3) is 0 Å². The summed E-state index contributed by atoms with van der Waals surface area (Å²) in [4.78, 5) is 13.7. The predicted molar refractivity (Wildman–Crippen MR) is 74.5 cm³/mol. The quantitative estimate of drug-likeness (QED) is 0.655. The Kier molecular flexibility index (Phi) is 7.64. The molecule has 1 amide bonds. The van der Waals surface area contributed by atoms with Crippen LogP contribution in [-0.4, -0.2) is 62.1 Å². The van der Waals surface area contributed by atoms with Gasteiger partial charge in [-0.05, 0) is 45.9 Å². The van der Waals surface area contributed by atoms with E-state index in [1.165, 1.54) is 12.8 Å². The van der Waals surface area contributed by atoms with Crippen molar-refractivity contribution in [3.05, 3.63) is 0 Å². The lowest BCUT2D eigenvalue weighted by Gasteiger charge is -2.23. The summed E-state index contributed by atoms with van der Waals surface area (Å²) in [6.45, 7) is 4.03. The van der Waals surface area contributed by atoms with Crippen molar-refractivity contribution in [2.45, 2.75) is 24.5 Å². The lowest BCUT2D eigenvalue weighted by atomic mass is 10.2. The molecule has 17 heavy (non-hydrogen) atoms. The standard InChI is InChI=1S/C12H25N3OS/c1-13-6-3-9-15(2)12(16)10-17-11-4-7-14-8-5-11/h11,13-14H,3-10H2,1-2H3. The van der Waals surface area contributed by atoms with Gasteiger partial charge in [0.1, 0.15) is 0 Å². The van der Waals surface area contributed by atoms with Gasteiger partial charge in [0.15, 0.2) is 0 Å². The molecule has 1 heterocycles. The van der Waals surface area contributed by atoms with Gasteiger partial charge < -0.3 is 15.5 Å². The molecule has 100 valence electrons. The van der Waals surface area contributed by atoms with Crippen LogP contribution in [0.3, 0.4) is 0 Å². The van der Waals surface area contributed by atoms with E-state index in [0.717, 1.165) is 32.6 Å². The molecule has 0 aromatic rings. The Labute approximate surface area is 109 Å². The second-order valence-corrected chi connectivity index (χ2v) is 5.82. The fourth-order valence-corrected chi connectivity index (χ4v) is 3.05. The van der Waals surface area contributed by atoms with Crippen LogP contribution in [0.15, 0.2) is 0 Å². The molecule has 0 radical (unpaired) electrons. The van der Waals surface area contributed by atoms with E-state index in [4.69, 9.17) is 0 Å². The number of nitrogens with zero attached hydrogens (tertiary/aromatic N) is 1. The Hall–Kier alpha value is -0.260. The Balaban J connectivity index is 2.10. The highest BCUT2D eigenvalue weighted by atomic mass is 32.2. The van der Waals surface area contributed by atoms with Crippen LogP contribution < -0.4 is 10.6 Å². The third-order valence-electron chi connectivity index (χ3n) is 3.07. The maximum Gasteiger partial charge on any atom is 0.232 e. The van der Waals surface area contributed by atoms with E-state index < -0.39 is 0 Å². The minimum atomic E-state index is 0.268. The van der Waals surface area contributed by atoms with E-state index in [2.05, 4.69) is 10.6 Å². The maximum atomic E-state index is 11.8. The molecule has 0 saturated carbocycles. The van der Waals surface area contributed by atoms with Crippen LogP contribution >= 0.6 is 11.8 Å². The number of thioether (sulfide) groups is 1. The minimum Gasteiger partial charge on any atom is -0.345 e. The first-order chi connectivity index (χ1) is 8.24. The van der Waals surface area contributed by atoms with Gasteiger partial charge in [0.25, 0.3) is 0 Å². The largest absolute Gasteiger partial charge is 0.345 e. The second kappa shape index (κ2) is 8.78.